The third-order valence-electron chi connectivity index (χ3n) is 16.9. The van der Waals surface area contributed by atoms with Gasteiger partial charge in [-0.1, -0.05) is 305 Å². The third kappa shape index (κ3) is 24.9. The van der Waals surface area contributed by atoms with Gasteiger partial charge in [0.25, 0.3) is 0 Å². The summed E-state index contributed by atoms with van der Waals surface area (Å²) in [7, 11) is 0. The summed E-state index contributed by atoms with van der Waals surface area (Å²) < 4.78 is 0.429. The highest BCUT2D eigenvalue weighted by Crippen LogP contribution is 2.57. The molecule has 0 amide bonds. The van der Waals surface area contributed by atoms with E-state index in [0.717, 1.165) is 58.6 Å². The highest BCUT2D eigenvalue weighted by molar-refractivity contribution is 6.33. The molecule has 0 spiro atoms. The van der Waals surface area contributed by atoms with Gasteiger partial charge >= 0.3 is 0 Å². The Morgan fingerprint density at radius 3 is 0.623 bits per heavy atom. The second kappa shape index (κ2) is 42.8. The molecule has 4 rings (SSSR count). The maximum absolute atomic E-state index is 8.30. The van der Waals surface area contributed by atoms with Gasteiger partial charge in [0, 0.05) is 67.6 Å². The lowest BCUT2D eigenvalue weighted by Crippen LogP contribution is -2.36. The van der Waals surface area contributed by atoms with Crippen molar-refractivity contribution in [1.29, 1.82) is 0 Å². The van der Waals surface area contributed by atoms with E-state index in [4.69, 9.17) is 46.4 Å². The Bertz CT molecular complexity index is 1870. The molecule has 0 unspecified atom stereocenters. The molecule has 0 saturated heterocycles. The molecule has 77 heavy (non-hydrogen) atoms. The van der Waals surface area contributed by atoms with Gasteiger partial charge in [-0.3, -0.25) is 0 Å². The van der Waals surface area contributed by atoms with Gasteiger partial charge in [0.1, 0.15) is 17.1 Å². The van der Waals surface area contributed by atoms with Crippen LogP contribution in [0.15, 0.2) is 72.8 Å². The molecule has 0 aliphatic carbocycles. The van der Waals surface area contributed by atoms with Crippen molar-refractivity contribution in [2.24, 2.45) is 0 Å². The quantitative estimate of drug-likeness (QED) is 0.0305. The minimum Gasteiger partial charge on any atom is -0.194 e. The Labute approximate surface area is 495 Å². The van der Waals surface area contributed by atoms with Crippen molar-refractivity contribution in [1.82, 2.24) is 4.48 Å². The average Bonchev–Trinajstić information content (AvgIpc) is 3.62. The van der Waals surface area contributed by atoms with Crippen LogP contribution in [0.1, 0.15) is 307 Å². The monoisotopic (exact) mass is 1130 g/mol. The van der Waals surface area contributed by atoms with E-state index in [2.05, 4.69) is 100 Å². The molecule has 0 fully saturated rings. The number of benzene rings is 4. The summed E-state index contributed by atoms with van der Waals surface area (Å²) in [4.78, 5) is 0. The van der Waals surface area contributed by atoms with E-state index in [1.807, 2.05) is 0 Å². The summed E-state index contributed by atoms with van der Waals surface area (Å²) in [5.74, 6) is 0. The molecule has 0 aromatic heterocycles. The Balaban J connectivity index is 1.93. The van der Waals surface area contributed by atoms with Gasteiger partial charge < -0.3 is 0 Å². The van der Waals surface area contributed by atoms with Gasteiger partial charge in [-0.15, -0.1) is 0 Å². The maximum atomic E-state index is 8.30. The Morgan fingerprint density at radius 2 is 0.416 bits per heavy atom. The lowest BCUT2D eigenvalue weighted by atomic mass is 9.83. The molecule has 0 saturated carbocycles. The van der Waals surface area contributed by atoms with Gasteiger partial charge in [-0.25, -0.2) is 0 Å². The van der Waals surface area contributed by atoms with Crippen LogP contribution in [-0.2, 0) is 25.7 Å². The minimum absolute atomic E-state index is 0.429. The van der Waals surface area contributed by atoms with Crippen LogP contribution in [0.25, 0.3) is 0 Å². The third-order valence-corrected chi connectivity index (χ3v) is 18.1. The number of halogens is 4. The van der Waals surface area contributed by atoms with Crippen LogP contribution >= 0.6 is 46.4 Å². The van der Waals surface area contributed by atoms with Gasteiger partial charge in [0.15, 0.2) is 5.69 Å². The van der Waals surface area contributed by atoms with Crippen LogP contribution in [0.4, 0.5) is 22.7 Å². The first kappa shape index (κ1) is 67.5. The largest absolute Gasteiger partial charge is 0.194 e. The average molecular weight is 1130 g/mol. The molecule has 0 aliphatic heterocycles. The zero-order valence-corrected chi connectivity index (χ0v) is 53.0. The van der Waals surface area contributed by atoms with Gasteiger partial charge in [-0.05, 0) is 98.9 Å². The zero-order chi connectivity index (χ0) is 55.0. The van der Waals surface area contributed by atoms with Crippen molar-refractivity contribution in [3.8, 4) is 0 Å². The first-order valence-electron chi connectivity index (χ1n) is 32.9. The van der Waals surface area contributed by atoms with E-state index in [-0.39, 0.29) is 0 Å². The lowest BCUT2D eigenvalue weighted by molar-refractivity contribution is 0.549. The first-order chi connectivity index (χ1) is 37.8. The van der Waals surface area contributed by atoms with E-state index in [1.54, 1.807) is 0 Å². The Morgan fingerprint density at radius 1 is 0.234 bits per heavy atom. The predicted molar refractivity (Wildman–Crippen MR) is 349 cm³/mol. The summed E-state index contributed by atoms with van der Waals surface area (Å²) in [6.45, 7) is 9.27. The van der Waals surface area contributed by atoms with E-state index >= 15 is 0 Å². The van der Waals surface area contributed by atoms with Crippen LogP contribution in [-0.4, -0.2) is 0 Å². The molecule has 5 heteroatoms. The number of hydrogen-bond acceptors (Lipinski definition) is 0. The molecule has 432 valence electrons. The number of unbranched alkanes of at least 4 members (excludes halogenated alkanes) is 36. The van der Waals surface area contributed by atoms with E-state index in [0.29, 0.717) is 4.48 Å². The normalized spacial score (nSPS) is 11.8. The van der Waals surface area contributed by atoms with Crippen molar-refractivity contribution < 1.29 is 0 Å². The molecule has 1 nitrogen and oxygen atoms in total. The SMILES string of the molecule is CCCCCCCCCCCCc1c(Cl)c(CCCCCCCCCCCC)c(CCCCCCCCCCCC)c([N+](c2ccc(Cl)cc2)(c2ccc(Cl)cc2)c2ccc(Cl)cc2)c1CCCCCCCCCCCC. The smallest absolute Gasteiger partial charge is 0.155 e. The molecular formula is C72H112Cl4N+. The first-order valence-corrected chi connectivity index (χ1v) is 34.4. The fraction of sp³-hybridized carbons (Fsp3) is 0.667. The lowest BCUT2D eigenvalue weighted by Gasteiger charge is -2.41. The molecule has 0 bridgehead atoms. The van der Waals surface area contributed by atoms with Crippen LogP contribution in [0, 0.1) is 0 Å². The highest BCUT2D eigenvalue weighted by Gasteiger charge is 2.45. The molecule has 0 N–H and O–H groups in total. The van der Waals surface area contributed by atoms with Crippen LogP contribution < -0.4 is 4.48 Å². The van der Waals surface area contributed by atoms with Crippen molar-refractivity contribution in [3.05, 3.63) is 115 Å². The molecule has 0 heterocycles. The van der Waals surface area contributed by atoms with Crippen molar-refractivity contribution in [2.45, 2.75) is 310 Å². The van der Waals surface area contributed by atoms with Crippen LogP contribution in [0.2, 0.25) is 20.1 Å². The highest BCUT2D eigenvalue weighted by atomic mass is 35.5. The van der Waals surface area contributed by atoms with E-state index in [1.165, 1.54) is 289 Å². The molecule has 0 aliphatic rings. The number of rotatable bonds is 48. The summed E-state index contributed by atoms with van der Waals surface area (Å²) in [6, 6.07) is 26.4. The van der Waals surface area contributed by atoms with Crippen molar-refractivity contribution in [3.63, 3.8) is 0 Å². The number of nitrogens with zero attached hydrogens (tertiary/aromatic N) is 1. The fourth-order valence-electron chi connectivity index (χ4n) is 12.4. The molecular weight excluding hydrogens is 1020 g/mol. The Kier molecular flexibility index (Phi) is 37.5. The predicted octanol–water partition coefficient (Wildman–Crippen LogP) is 27.5. The van der Waals surface area contributed by atoms with Crippen LogP contribution in [0.3, 0.4) is 0 Å². The summed E-state index contributed by atoms with van der Waals surface area (Å²) in [5, 5.41) is 3.32. The van der Waals surface area contributed by atoms with E-state index in [9.17, 15) is 0 Å². The molecule has 0 radical (unpaired) electrons. The Hall–Kier alpha value is -2.00. The molecule has 4 aromatic carbocycles. The molecule has 4 aromatic rings. The van der Waals surface area contributed by atoms with Gasteiger partial charge in [-0.2, -0.15) is 4.48 Å². The van der Waals surface area contributed by atoms with E-state index < -0.39 is 0 Å². The van der Waals surface area contributed by atoms with Crippen molar-refractivity contribution >= 4 is 69.2 Å². The zero-order valence-electron chi connectivity index (χ0n) is 50.0. The summed E-state index contributed by atoms with van der Waals surface area (Å²) in [5.41, 5.74) is 10.8. The molecule has 0 atom stereocenters. The van der Waals surface area contributed by atoms with Gasteiger partial charge in [0.2, 0.25) is 0 Å². The second-order valence-electron chi connectivity index (χ2n) is 23.4. The van der Waals surface area contributed by atoms with Gasteiger partial charge in [0.05, 0.1) is 0 Å². The number of hydrogen-bond donors (Lipinski definition) is 0. The minimum atomic E-state index is 0.429. The summed E-state index contributed by atoms with van der Waals surface area (Å²) in [6.07, 6.45) is 56.9. The maximum Gasteiger partial charge on any atom is 0.155 e. The summed E-state index contributed by atoms with van der Waals surface area (Å²) >= 11 is 28.9. The topological polar surface area (TPSA) is 0 Å². The van der Waals surface area contributed by atoms with Crippen molar-refractivity contribution in [2.75, 3.05) is 0 Å². The fourth-order valence-corrected chi connectivity index (χ4v) is 13.2. The second-order valence-corrected chi connectivity index (χ2v) is 25.1. The number of quaternary nitrogens is 1. The van der Waals surface area contributed by atoms with Crippen LogP contribution in [0.5, 0.6) is 0 Å². The standard InChI is InChI=1S/C72H112Cl4N/c1-5-9-13-17-21-25-29-33-37-41-45-67-69(47-43-39-35-31-27-23-19-15-11-7-3)72(77(64-55-49-61(73)50-56-64,65-57-51-62(74)52-58-65)66-59-53-63(75)54-60-66)70(48-44-40-36-32-28-24-20-16-12-8-4)68(71(67)76)46-42-38-34-30-26-22-18-14-10-6-2/h49-60H,5-48H2,1-4H3/q+1.